The Morgan fingerprint density at radius 1 is 1.33 bits per heavy atom. The summed E-state index contributed by atoms with van der Waals surface area (Å²) in [6, 6.07) is 3.36. The van der Waals surface area contributed by atoms with Crippen molar-refractivity contribution in [3.63, 3.8) is 0 Å². The second-order valence-corrected chi connectivity index (χ2v) is 5.11. The normalized spacial score (nSPS) is 11.1. The van der Waals surface area contributed by atoms with E-state index in [1.807, 2.05) is 39.2 Å². The van der Waals surface area contributed by atoms with E-state index in [4.69, 9.17) is 5.84 Å². The summed E-state index contributed by atoms with van der Waals surface area (Å²) in [6.07, 6.45) is 0. The Hall–Kier alpha value is -1.62. The van der Waals surface area contributed by atoms with Gasteiger partial charge in [0.1, 0.15) is 5.56 Å². The van der Waals surface area contributed by atoms with Gasteiger partial charge in [-0.1, -0.05) is 27.7 Å². The van der Waals surface area contributed by atoms with Crippen LogP contribution < -0.4 is 16.8 Å². The molecule has 1 heterocycles. The molecule has 0 aromatic carbocycles. The highest BCUT2D eigenvalue weighted by Gasteiger charge is 2.16. The van der Waals surface area contributed by atoms with Crippen molar-refractivity contribution in [2.75, 3.05) is 0 Å². The molecule has 0 aliphatic carbocycles. The Morgan fingerprint density at radius 2 is 1.94 bits per heavy atom. The molecule has 0 atom stereocenters. The number of rotatable bonds is 4. The Labute approximate surface area is 107 Å². The zero-order valence-corrected chi connectivity index (χ0v) is 11.4. The van der Waals surface area contributed by atoms with Crippen LogP contribution in [0.5, 0.6) is 0 Å². The van der Waals surface area contributed by atoms with Crippen LogP contribution in [-0.2, 0) is 6.54 Å². The van der Waals surface area contributed by atoms with Crippen molar-refractivity contribution in [2.45, 2.75) is 40.2 Å². The Morgan fingerprint density at radius 3 is 2.39 bits per heavy atom. The molecule has 0 radical (unpaired) electrons. The molecule has 1 rings (SSSR count). The Kier molecular flexibility index (Phi) is 4.67. The average molecular weight is 251 g/mol. The van der Waals surface area contributed by atoms with E-state index in [0.717, 1.165) is 5.69 Å². The van der Waals surface area contributed by atoms with Gasteiger partial charge in [0.05, 0.1) is 0 Å². The predicted octanol–water partition coefficient (Wildman–Crippen LogP) is 1.23. The van der Waals surface area contributed by atoms with Crippen LogP contribution in [0.3, 0.4) is 0 Å². The summed E-state index contributed by atoms with van der Waals surface area (Å²) in [4.78, 5) is 23.8. The fraction of sp³-hybridized carbons (Fsp3) is 0.538. The molecule has 1 aromatic rings. The van der Waals surface area contributed by atoms with E-state index in [-0.39, 0.29) is 17.0 Å². The van der Waals surface area contributed by atoms with Crippen LogP contribution >= 0.6 is 0 Å². The average Bonchev–Trinajstić information content (AvgIpc) is 2.29. The molecule has 1 amide bonds. The molecular weight excluding hydrogens is 230 g/mol. The molecule has 5 heteroatoms. The zero-order valence-electron chi connectivity index (χ0n) is 11.4. The largest absolute Gasteiger partial charge is 0.311 e. The van der Waals surface area contributed by atoms with E-state index >= 15 is 0 Å². The lowest BCUT2D eigenvalue weighted by molar-refractivity contribution is 0.0951. The molecule has 5 nitrogen and oxygen atoms in total. The minimum absolute atomic E-state index is 0.0857. The van der Waals surface area contributed by atoms with Gasteiger partial charge >= 0.3 is 0 Å². The van der Waals surface area contributed by atoms with Crippen molar-refractivity contribution in [1.82, 2.24) is 9.99 Å². The number of carbonyl (C=O) groups is 1. The number of nitrogens with one attached hydrogen (secondary N) is 1. The minimum atomic E-state index is -0.548. The second kappa shape index (κ2) is 5.82. The highest BCUT2D eigenvalue weighted by Crippen LogP contribution is 2.14. The first-order valence-corrected chi connectivity index (χ1v) is 6.13. The molecule has 100 valence electrons. The van der Waals surface area contributed by atoms with E-state index in [0.29, 0.717) is 12.5 Å². The summed E-state index contributed by atoms with van der Waals surface area (Å²) >= 11 is 0. The standard InChI is InChI=1S/C13H21N3O2/c1-8(2)7-16-11(9(3)4)6-5-10(13(16)18)12(17)15-14/h5-6,8-9H,7,14H2,1-4H3,(H,15,17). The quantitative estimate of drug-likeness (QED) is 0.480. The number of amides is 1. The molecular formula is C13H21N3O2. The monoisotopic (exact) mass is 251 g/mol. The number of pyridine rings is 1. The molecule has 0 aliphatic rings. The molecule has 0 fully saturated rings. The van der Waals surface area contributed by atoms with Gasteiger partial charge in [0.15, 0.2) is 0 Å². The summed E-state index contributed by atoms with van der Waals surface area (Å²) in [5.41, 5.74) is 2.74. The predicted molar refractivity (Wildman–Crippen MR) is 71.3 cm³/mol. The second-order valence-electron chi connectivity index (χ2n) is 5.11. The van der Waals surface area contributed by atoms with Gasteiger partial charge in [-0.3, -0.25) is 15.0 Å². The summed E-state index contributed by atoms with van der Waals surface area (Å²) in [5, 5.41) is 0. The first kappa shape index (κ1) is 14.4. The van der Waals surface area contributed by atoms with E-state index in [9.17, 15) is 9.59 Å². The van der Waals surface area contributed by atoms with Crippen LogP contribution in [0, 0.1) is 5.92 Å². The third kappa shape index (κ3) is 2.98. The van der Waals surface area contributed by atoms with Gasteiger partial charge in [-0.15, -0.1) is 0 Å². The topological polar surface area (TPSA) is 77.1 Å². The molecule has 3 N–H and O–H groups in total. The van der Waals surface area contributed by atoms with Gasteiger partial charge in [0, 0.05) is 12.2 Å². The molecule has 18 heavy (non-hydrogen) atoms. The Balaban J connectivity index is 3.40. The van der Waals surface area contributed by atoms with Gasteiger partial charge in [0.2, 0.25) is 0 Å². The van der Waals surface area contributed by atoms with Crippen molar-refractivity contribution in [3.05, 3.63) is 33.7 Å². The van der Waals surface area contributed by atoms with Gasteiger partial charge < -0.3 is 4.57 Å². The van der Waals surface area contributed by atoms with Crippen LogP contribution in [0.15, 0.2) is 16.9 Å². The molecule has 1 aromatic heterocycles. The smallest absolute Gasteiger partial charge is 0.270 e. The lowest BCUT2D eigenvalue weighted by Gasteiger charge is -2.18. The third-order valence-corrected chi connectivity index (χ3v) is 2.72. The fourth-order valence-electron chi connectivity index (χ4n) is 1.90. The maximum Gasteiger partial charge on any atom is 0.270 e. The summed E-state index contributed by atoms with van der Waals surface area (Å²) in [6.45, 7) is 8.71. The van der Waals surface area contributed by atoms with Crippen molar-refractivity contribution in [1.29, 1.82) is 0 Å². The van der Waals surface area contributed by atoms with Crippen molar-refractivity contribution in [2.24, 2.45) is 11.8 Å². The summed E-state index contributed by atoms with van der Waals surface area (Å²) in [5.74, 6) is 5.08. The highest BCUT2D eigenvalue weighted by atomic mass is 16.2. The molecule has 0 aliphatic heterocycles. The van der Waals surface area contributed by atoms with Gasteiger partial charge in [-0.25, -0.2) is 5.84 Å². The zero-order chi connectivity index (χ0) is 13.9. The number of nitrogens with zero attached hydrogens (tertiary/aromatic N) is 1. The third-order valence-electron chi connectivity index (χ3n) is 2.72. The molecule has 0 spiro atoms. The van der Waals surface area contributed by atoms with Crippen molar-refractivity contribution < 1.29 is 4.79 Å². The number of nitrogen functional groups attached to an aromatic ring is 1. The maximum atomic E-state index is 12.3. The fourth-order valence-corrected chi connectivity index (χ4v) is 1.90. The number of carbonyl (C=O) groups excluding carboxylic acids is 1. The van der Waals surface area contributed by atoms with E-state index in [1.54, 1.807) is 4.57 Å². The van der Waals surface area contributed by atoms with Crippen LogP contribution in [-0.4, -0.2) is 10.5 Å². The van der Waals surface area contributed by atoms with Crippen LogP contribution in [0.1, 0.15) is 49.7 Å². The van der Waals surface area contributed by atoms with Crippen molar-refractivity contribution in [3.8, 4) is 0 Å². The van der Waals surface area contributed by atoms with Gasteiger partial charge in [-0.2, -0.15) is 0 Å². The number of aromatic nitrogens is 1. The highest BCUT2D eigenvalue weighted by molar-refractivity contribution is 5.93. The van der Waals surface area contributed by atoms with E-state index < -0.39 is 5.91 Å². The first-order valence-electron chi connectivity index (χ1n) is 6.13. The van der Waals surface area contributed by atoms with E-state index in [1.165, 1.54) is 6.07 Å². The van der Waals surface area contributed by atoms with Gasteiger partial charge in [0.25, 0.3) is 11.5 Å². The minimum Gasteiger partial charge on any atom is -0.311 e. The van der Waals surface area contributed by atoms with Crippen LogP contribution in [0.2, 0.25) is 0 Å². The van der Waals surface area contributed by atoms with E-state index in [2.05, 4.69) is 0 Å². The SMILES string of the molecule is CC(C)Cn1c(C(C)C)ccc(C(=O)NN)c1=O. The lowest BCUT2D eigenvalue weighted by Crippen LogP contribution is -2.38. The van der Waals surface area contributed by atoms with Gasteiger partial charge in [-0.05, 0) is 24.0 Å². The first-order chi connectivity index (χ1) is 8.38. The Bertz CT molecular complexity index is 489. The summed E-state index contributed by atoms with van der Waals surface area (Å²) < 4.78 is 1.67. The number of nitrogens with two attached hydrogens (primary N) is 1. The summed E-state index contributed by atoms with van der Waals surface area (Å²) in [7, 11) is 0. The number of hydrazine groups is 1. The number of hydrogen-bond donors (Lipinski definition) is 2. The lowest BCUT2D eigenvalue weighted by atomic mass is 10.1. The van der Waals surface area contributed by atoms with Crippen molar-refractivity contribution >= 4 is 5.91 Å². The molecule has 0 saturated carbocycles. The molecule has 0 unspecified atom stereocenters. The maximum absolute atomic E-state index is 12.3. The molecule has 0 saturated heterocycles. The van der Waals surface area contributed by atoms with Crippen LogP contribution in [0.25, 0.3) is 0 Å². The number of hydrogen-bond acceptors (Lipinski definition) is 3. The van der Waals surface area contributed by atoms with Crippen LogP contribution in [0.4, 0.5) is 0 Å². The molecule has 0 bridgehead atoms.